The molecule has 0 spiro atoms. The summed E-state index contributed by atoms with van der Waals surface area (Å²) in [6, 6.07) is 9.81. The van der Waals surface area contributed by atoms with Gasteiger partial charge in [0, 0.05) is 48.5 Å². The molecule has 0 bridgehead atoms. The van der Waals surface area contributed by atoms with Crippen molar-refractivity contribution in [1.29, 1.82) is 0 Å². The van der Waals surface area contributed by atoms with E-state index in [0.29, 0.717) is 31.9 Å². The lowest BCUT2D eigenvalue weighted by atomic mass is 10.0. The van der Waals surface area contributed by atoms with Gasteiger partial charge in [0.2, 0.25) is 5.91 Å². The Bertz CT molecular complexity index is 1570. The number of aliphatic hydroxyl groups is 1. The van der Waals surface area contributed by atoms with Gasteiger partial charge in [0.1, 0.15) is 28.5 Å². The third-order valence-corrected chi connectivity index (χ3v) is 8.49. The largest absolute Gasteiger partial charge is 0.455 e. The topological polar surface area (TPSA) is 104 Å². The number of hydrogen-bond donors (Lipinski definition) is 2. The molecule has 0 radical (unpaired) electrons. The highest BCUT2D eigenvalue weighted by molar-refractivity contribution is 7.19. The summed E-state index contributed by atoms with van der Waals surface area (Å²) in [6.07, 6.45) is 8.19. The number of thiophene rings is 1. The molecule has 0 saturated carbocycles. The van der Waals surface area contributed by atoms with Crippen molar-refractivity contribution >= 4 is 39.0 Å². The van der Waals surface area contributed by atoms with Crippen molar-refractivity contribution < 1.29 is 14.6 Å². The Morgan fingerprint density at radius 2 is 2.10 bits per heavy atom. The molecule has 40 heavy (non-hydrogen) atoms. The van der Waals surface area contributed by atoms with Crippen LogP contribution >= 0.6 is 11.3 Å². The molecule has 5 heterocycles. The van der Waals surface area contributed by atoms with Crippen LogP contribution in [0.25, 0.3) is 10.2 Å². The lowest BCUT2D eigenvalue weighted by molar-refractivity contribution is -0.126. The van der Waals surface area contributed by atoms with E-state index in [-0.39, 0.29) is 12.0 Å². The second-order valence-electron chi connectivity index (χ2n) is 10.4. The predicted octanol–water partition coefficient (Wildman–Crippen LogP) is 4.75. The van der Waals surface area contributed by atoms with Crippen LogP contribution in [0.15, 0.2) is 55.0 Å². The summed E-state index contributed by atoms with van der Waals surface area (Å²) in [5.74, 6) is 2.26. The molecule has 1 saturated heterocycles. The molecule has 1 fully saturated rings. The lowest BCUT2D eigenvalue weighted by Gasteiger charge is -2.26. The number of aromatic nitrogens is 3. The fourth-order valence-corrected chi connectivity index (χ4v) is 6.42. The maximum absolute atomic E-state index is 12.9. The first-order chi connectivity index (χ1) is 19.4. The summed E-state index contributed by atoms with van der Waals surface area (Å²) in [6.45, 7) is 7.41. The van der Waals surface area contributed by atoms with Crippen LogP contribution < -0.4 is 10.1 Å². The summed E-state index contributed by atoms with van der Waals surface area (Å²) in [5.41, 5.74) is 4.06. The molecule has 1 atom stereocenters. The number of benzene rings is 1. The van der Waals surface area contributed by atoms with E-state index in [0.717, 1.165) is 63.0 Å². The Morgan fingerprint density at radius 3 is 2.88 bits per heavy atom. The zero-order chi connectivity index (χ0) is 27.6. The van der Waals surface area contributed by atoms with Crippen LogP contribution in [0.1, 0.15) is 28.1 Å². The van der Waals surface area contributed by atoms with E-state index in [9.17, 15) is 9.90 Å². The summed E-state index contributed by atoms with van der Waals surface area (Å²) >= 11 is 1.63. The minimum absolute atomic E-state index is 0.0199. The van der Waals surface area contributed by atoms with E-state index < -0.39 is 0 Å². The minimum Gasteiger partial charge on any atom is -0.455 e. The second-order valence-corrected chi connectivity index (χ2v) is 11.4. The number of rotatable bonds is 7. The van der Waals surface area contributed by atoms with Crippen molar-refractivity contribution in [3.63, 3.8) is 0 Å². The van der Waals surface area contributed by atoms with Gasteiger partial charge < -0.3 is 20.1 Å². The number of fused-ring (bicyclic) bond motifs is 3. The highest BCUT2D eigenvalue weighted by Gasteiger charge is 2.26. The van der Waals surface area contributed by atoms with Gasteiger partial charge in [0.25, 0.3) is 0 Å². The Kier molecular flexibility index (Phi) is 7.46. The smallest absolute Gasteiger partial charge is 0.246 e. The van der Waals surface area contributed by atoms with Crippen molar-refractivity contribution in [2.75, 3.05) is 31.5 Å². The quantitative estimate of drug-likeness (QED) is 0.315. The number of nitrogens with zero attached hydrogens (tertiary/aromatic N) is 5. The van der Waals surface area contributed by atoms with Crippen molar-refractivity contribution in [3.05, 3.63) is 76.7 Å². The Hall–Kier alpha value is -3.86. The average molecular weight is 557 g/mol. The summed E-state index contributed by atoms with van der Waals surface area (Å²) in [5, 5.41) is 14.2. The average Bonchev–Trinajstić information content (AvgIpc) is 3.54. The first-order valence-corrected chi connectivity index (χ1v) is 14.3. The lowest BCUT2D eigenvalue weighted by Crippen LogP contribution is -2.34. The second kappa shape index (κ2) is 11.3. The monoisotopic (exact) mass is 556 g/mol. The summed E-state index contributed by atoms with van der Waals surface area (Å²) < 4.78 is 6.02. The van der Waals surface area contributed by atoms with E-state index in [1.54, 1.807) is 29.9 Å². The first-order valence-electron chi connectivity index (χ1n) is 13.5. The molecule has 1 unspecified atom stereocenters. The maximum Gasteiger partial charge on any atom is 0.246 e. The van der Waals surface area contributed by atoms with E-state index in [4.69, 9.17) is 4.74 Å². The van der Waals surface area contributed by atoms with Crippen molar-refractivity contribution in [2.24, 2.45) is 0 Å². The van der Waals surface area contributed by atoms with Gasteiger partial charge in [-0.1, -0.05) is 6.08 Å². The molecule has 1 aromatic carbocycles. The number of amides is 1. The highest BCUT2D eigenvalue weighted by Crippen LogP contribution is 2.38. The third-order valence-electron chi connectivity index (χ3n) is 7.37. The standard InChI is InChI=1S/C30H32N6O3S/c1-19-14-21(6-8-25(19)39-23-7-5-20(2)31-15-23)34-29-28-24-10-13-36(17-26(24)40-30(28)33-18-32-29)27(38)4-3-11-35-12-9-22(37)16-35/h3-8,14-15,18,22,37H,9-13,16-17H2,1-2H3,(H,32,33,34)/b4-3+. The number of anilines is 2. The van der Waals surface area contributed by atoms with Gasteiger partial charge >= 0.3 is 0 Å². The van der Waals surface area contributed by atoms with Gasteiger partial charge in [-0.2, -0.15) is 0 Å². The normalized spacial score (nSPS) is 17.5. The molecular weight excluding hydrogens is 524 g/mol. The maximum atomic E-state index is 12.9. The van der Waals surface area contributed by atoms with Crippen LogP contribution in [0, 0.1) is 13.8 Å². The number of likely N-dealkylation sites (tertiary alicyclic amines) is 1. The van der Waals surface area contributed by atoms with Crippen LogP contribution in [0.2, 0.25) is 0 Å². The van der Waals surface area contributed by atoms with Crippen molar-refractivity contribution in [3.8, 4) is 11.5 Å². The number of β-amino-alcohol motifs (C(OH)–C–C–N with tert-alkyl or cyclic N) is 1. The van der Waals surface area contributed by atoms with Crippen molar-refractivity contribution in [2.45, 2.75) is 39.3 Å². The van der Waals surface area contributed by atoms with Gasteiger partial charge in [0.15, 0.2) is 0 Å². The molecule has 9 nitrogen and oxygen atoms in total. The Labute approximate surface area is 237 Å². The van der Waals surface area contributed by atoms with Crippen LogP contribution in [-0.2, 0) is 17.8 Å². The number of carbonyl (C=O) groups is 1. The molecule has 3 aromatic heterocycles. The molecule has 4 aromatic rings. The van der Waals surface area contributed by atoms with E-state index in [1.165, 1.54) is 5.56 Å². The molecule has 10 heteroatoms. The number of aliphatic hydroxyl groups excluding tert-OH is 1. The Balaban J connectivity index is 1.15. The SMILES string of the molecule is Cc1ccc(Oc2ccc(Nc3ncnc4sc5c(c34)CCN(C(=O)/C=C/CN3CCC(O)C3)C5)cc2C)cn1. The molecule has 2 N–H and O–H groups in total. The molecule has 1 amide bonds. The first kappa shape index (κ1) is 26.4. The highest BCUT2D eigenvalue weighted by atomic mass is 32.1. The van der Waals surface area contributed by atoms with Gasteiger partial charge in [-0.3, -0.25) is 14.7 Å². The number of carbonyl (C=O) groups excluding carboxylic acids is 1. The van der Waals surface area contributed by atoms with E-state index in [2.05, 4.69) is 25.2 Å². The predicted molar refractivity (Wildman–Crippen MR) is 156 cm³/mol. The molecule has 206 valence electrons. The fraction of sp³-hybridized carbons (Fsp3) is 0.333. The number of ether oxygens (including phenoxy) is 1. The fourth-order valence-electron chi connectivity index (χ4n) is 5.22. The zero-order valence-corrected chi connectivity index (χ0v) is 23.4. The van der Waals surface area contributed by atoms with E-state index in [1.807, 2.05) is 55.2 Å². The molecular formula is C30H32N6O3S. The third kappa shape index (κ3) is 5.70. The van der Waals surface area contributed by atoms with Gasteiger partial charge in [-0.05, 0) is 68.1 Å². The van der Waals surface area contributed by atoms with Crippen LogP contribution in [-0.4, -0.2) is 68.0 Å². The molecule has 6 rings (SSSR count). The van der Waals surface area contributed by atoms with Gasteiger partial charge in [-0.15, -0.1) is 11.3 Å². The number of pyridine rings is 1. The molecule has 0 aliphatic carbocycles. The van der Waals surface area contributed by atoms with Crippen molar-refractivity contribution in [1.82, 2.24) is 24.8 Å². The number of nitrogens with one attached hydrogen (secondary N) is 1. The zero-order valence-electron chi connectivity index (χ0n) is 22.6. The van der Waals surface area contributed by atoms with Crippen LogP contribution in [0.4, 0.5) is 11.5 Å². The van der Waals surface area contributed by atoms with Crippen LogP contribution in [0.5, 0.6) is 11.5 Å². The van der Waals surface area contributed by atoms with Gasteiger partial charge in [0.05, 0.1) is 24.2 Å². The van der Waals surface area contributed by atoms with E-state index >= 15 is 0 Å². The summed E-state index contributed by atoms with van der Waals surface area (Å²) in [7, 11) is 0. The number of aryl methyl sites for hydroxylation is 2. The van der Waals surface area contributed by atoms with Gasteiger partial charge in [-0.25, -0.2) is 9.97 Å². The summed E-state index contributed by atoms with van der Waals surface area (Å²) in [4.78, 5) is 32.4. The molecule has 2 aliphatic heterocycles. The Morgan fingerprint density at radius 1 is 1.20 bits per heavy atom. The van der Waals surface area contributed by atoms with Crippen LogP contribution in [0.3, 0.4) is 0 Å². The molecule has 2 aliphatic rings. The number of hydrogen-bond acceptors (Lipinski definition) is 9. The minimum atomic E-state index is -0.251.